The van der Waals surface area contributed by atoms with E-state index in [-0.39, 0.29) is 42.3 Å². The van der Waals surface area contributed by atoms with Gasteiger partial charge < -0.3 is 0 Å². The Balaban J connectivity index is 1.28. The molecule has 2 aromatic heterocycles. The molecule has 6 rings (SSSR count). The molecule has 2 aromatic carbocycles. The zero-order valence-electron chi connectivity index (χ0n) is 21.7. The van der Waals surface area contributed by atoms with Crippen molar-refractivity contribution in [2.24, 2.45) is 5.92 Å². The first kappa shape index (κ1) is 25.4. The molecule has 4 aromatic rings. The van der Waals surface area contributed by atoms with Gasteiger partial charge in [0.05, 0.1) is 27.9 Å². The van der Waals surface area contributed by atoms with Gasteiger partial charge in [0, 0.05) is 30.0 Å². The van der Waals surface area contributed by atoms with Gasteiger partial charge in [0.1, 0.15) is 5.82 Å². The summed E-state index contributed by atoms with van der Waals surface area (Å²) in [5, 5.41) is 4.57. The minimum atomic E-state index is -0.361. The number of hydrogen-bond acceptors (Lipinski definition) is 5. The Kier molecular flexibility index (Phi) is 6.73. The largest absolute Gasteiger partial charge is 0.293 e. The Bertz CT molecular complexity index is 1570. The first-order valence-electron chi connectivity index (χ1n) is 13.3. The molecule has 0 saturated heterocycles. The summed E-state index contributed by atoms with van der Waals surface area (Å²) in [4.78, 5) is 42.9. The third-order valence-electron chi connectivity index (χ3n) is 7.62. The zero-order chi connectivity index (χ0) is 27.1. The molecule has 6 nitrogen and oxygen atoms in total. The van der Waals surface area contributed by atoms with Gasteiger partial charge in [0.15, 0.2) is 5.78 Å². The average molecular weight is 542 g/mol. The summed E-state index contributed by atoms with van der Waals surface area (Å²) in [6, 6.07) is 15.0. The normalized spacial score (nSPS) is 15.1. The molecule has 0 N–H and O–H groups in total. The van der Waals surface area contributed by atoms with E-state index in [0.29, 0.717) is 22.4 Å². The van der Waals surface area contributed by atoms with Crippen molar-refractivity contribution in [3.05, 3.63) is 98.6 Å². The maximum atomic E-state index is 14.0. The molecule has 0 spiro atoms. The van der Waals surface area contributed by atoms with Crippen LogP contribution in [0.2, 0.25) is 0 Å². The molecule has 0 aliphatic carbocycles. The number of aromatic nitrogens is 2. The van der Waals surface area contributed by atoms with Crippen LogP contribution in [-0.4, -0.2) is 38.8 Å². The van der Waals surface area contributed by atoms with Gasteiger partial charge in [-0.15, -0.1) is 11.3 Å². The second-order valence-corrected chi connectivity index (χ2v) is 11.4. The lowest BCUT2D eigenvalue weighted by Crippen LogP contribution is -2.36. The maximum Gasteiger partial charge on any atom is 0.261 e. The van der Waals surface area contributed by atoms with Gasteiger partial charge in [-0.2, -0.15) is 5.10 Å². The number of thiophene rings is 1. The Morgan fingerprint density at radius 3 is 2.54 bits per heavy atom. The zero-order valence-corrected chi connectivity index (χ0v) is 22.5. The molecule has 0 fully saturated rings. The summed E-state index contributed by atoms with van der Waals surface area (Å²) in [7, 11) is 0. The topological polar surface area (TPSA) is 72.3 Å². The molecule has 2 aliphatic rings. The van der Waals surface area contributed by atoms with E-state index in [1.54, 1.807) is 30.3 Å². The van der Waals surface area contributed by atoms with Crippen molar-refractivity contribution >= 4 is 28.9 Å². The summed E-state index contributed by atoms with van der Waals surface area (Å²) >= 11 is 1.53. The fraction of sp³-hybridized carbons (Fsp3) is 0.290. The van der Waals surface area contributed by atoms with Crippen molar-refractivity contribution in [1.29, 1.82) is 0 Å². The summed E-state index contributed by atoms with van der Waals surface area (Å²) < 4.78 is 16.0. The van der Waals surface area contributed by atoms with Crippen LogP contribution in [-0.2, 0) is 25.8 Å². The molecule has 2 amide bonds. The van der Waals surface area contributed by atoms with Gasteiger partial charge in [-0.05, 0) is 73.1 Å². The number of rotatable bonds is 8. The molecule has 0 saturated carbocycles. The number of nitrogens with zero attached hydrogens (tertiary/aromatic N) is 3. The van der Waals surface area contributed by atoms with Gasteiger partial charge in [0.2, 0.25) is 0 Å². The number of fused-ring (bicyclic) bond motifs is 4. The highest BCUT2D eigenvalue weighted by Crippen LogP contribution is 2.38. The molecular formula is C31H28FN3O3S. The Morgan fingerprint density at radius 2 is 1.82 bits per heavy atom. The monoisotopic (exact) mass is 541 g/mol. The fourth-order valence-corrected chi connectivity index (χ4v) is 6.88. The van der Waals surface area contributed by atoms with Crippen molar-refractivity contribution in [3.8, 4) is 11.3 Å². The number of amides is 2. The number of hydrogen-bond donors (Lipinski definition) is 0. The Labute approximate surface area is 230 Å². The van der Waals surface area contributed by atoms with Crippen LogP contribution in [0.4, 0.5) is 4.39 Å². The van der Waals surface area contributed by atoms with E-state index in [1.165, 1.54) is 38.8 Å². The van der Waals surface area contributed by atoms with Gasteiger partial charge in [-0.3, -0.25) is 24.0 Å². The van der Waals surface area contributed by atoms with E-state index in [0.717, 1.165) is 42.6 Å². The van der Waals surface area contributed by atoms with Crippen LogP contribution < -0.4 is 0 Å². The number of aryl methyl sites for hydroxylation is 3. The Hall–Kier alpha value is -3.91. The second kappa shape index (κ2) is 10.3. The van der Waals surface area contributed by atoms with Crippen LogP contribution in [0.15, 0.2) is 60.8 Å². The molecule has 2 aliphatic heterocycles. The van der Waals surface area contributed by atoms with E-state index >= 15 is 0 Å². The second-order valence-electron chi connectivity index (χ2n) is 10.2. The van der Waals surface area contributed by atoms with E-state index in [2.05, 4.69) is 12.0 Å². The Morgan fingerprint density at radius 1 is 1.05 bits per heavy atom. The predicted molar refractivity (Wildman–Crippen MR) is 148 cm³/mol. The highest BCUT2D eigenvalue weighted by Gasteiger charge is 2.37. The molecule has 1 atom stereocenters. The summed E-state index contributed by atoms with van der Waals surface area (Å²) in [6.07, 6.45) is 5.14. The molecule has 4 heterocycles. The summed E-state index contributed by atoms with van der Waals surface area (Å²) in [5.41, 5.74) is 4.83. The molecule has 39 heavy (non-hydrogen) atoms. The predicted octanol–water partition coefficient (Wildman–Crippen LogP) is 5.99. The van der Waals surface area contributed by atoms with Crippen LogP contribution in [0.25, 0.3) is 11.3 Å². The maximum absolute atomic E-state index is 14.0. The smallest absolute Gasteiger partial charge is 0.261 e. The third-order valence-corrected chi connectivity index (χ3v) is 8.85. The van der Waals surface area contributed by atoms with Gasteiger partial charge >= 0.3 is 0 Å². The quantitative estimate of drug-likeness (QED) is 0.203. The SMILES string of the molecule is CCc1cnn2c1-c1cc(C(=O)C[C@@H](Cc3cccc(F)c3)CN3C(=O)c4ccccc4C3=O)sc1CCC2. The number of imide groups is 1. The summed E-state index contributed by atoms with van der Waals surface area (Å²) in [5.74, 6) is -1.45. The first-order chi connectivity index (χ1) is 18.9. The average Bonchev–Trinajstić information content (AvgIpc) is 3.57. The van der Waals surface area contributed by atoms with E-state index in [9.17, 15) is 18.8 Å². The number of carbonyl (C=O) groups excluding carboxylic acids is 3. The van der Waals surface area contributed by atoms with Gasteiger partial charge in [0.25, 0.3) is 11.8 Å². The standard InChI is InChI=1S/C31H28FN3O3S/c1-2-21-17-33-35-12-6-11-27-25(29(21)35)16-28(39-27)26(36)15-20(13-19-7-5-8-22(32)14-19)18-34-30(37)23-9-3-4-10-24(23)31(34)38/h3-5,7-10,14,16-17,20H,2,6,11-13,15,18H2,1H3/t20-/m1/s1. The van der Waals surface area contributed by atoms with E-state index in [4.69, 9.17) is 0 Å². The number of carbonyl (C=O) groups is 3. The molecule has 0 radical (unpaired) electrons. The van der Waals surface area contributed by atoms with Crippen LogP contribution in [0, 0.1) is 11.7 Å². The number of ketones is 1. The van der Waals surface area contributed by atoms with Crippen LogP contribution in [0.3, 0.4) is 0 Å². The molecular weight excluding hydrogens is 513 g/mol. The molecule has 0 unspecified atom stereocenters. The van der Waals surface area contributed by atoms with E-state index in [1.807, 2.05) is 23.0 Å². The van der Waals surface area contributed by atoms with Crippen molar-refractivity contribution < 1.29 is 18.8 Å². The van der Waals surface area contributed by atoms with Crippen molar-refractivity contribution in [3.63, 3.8) is 0 Å². The lowest BCUT2D eigenvalue weighted by molar-refractivity contribution is 0.0617. The highest BCUT2D eigenvalue weighted by molar-refractivity contribution is 7.14. The molecule has 198 valence electrons. The first-order valence-corrected chi connectivity index (χ1v) is 14.1. The minimum absolute atomic E-state index is 0.0322. The molecule has 8 heteroatoms. The van der Waals surface area contributed by atoms with Gasteiger partial charge in [-0.25, -0.2) is 4.39 Å². The number of halogens is 1. The minimum Gasteiger partial charge on any atom is -0.293 e. The van der Waals surface area contributed by atoms with Crippen molar-refractivity contribution in [1.82, 2.24) is 14.7 Å². The van der Waals surface area contributed by atoms with Crippen LogP contribution in [0.5, 0.6) is 0 Å². The highest BCUT2D eigenvalue weighted by atomic mass is 32.1. The third kappa shape index (κ3) is 4.74. The van der Waals surface area contributed by atoms with Crippen LogP contribution in [0.1, 0.15) is 66.2 Å². The van der Waals surface area contributed by atoms with E-state index < -0.39 is 0 Å². The number of Topliss-reactive ketones (excluding diaryl/α,β-unsaturated/α-hetero) is 1. The lowest BCUT2D eigenvalue weighted by Gasteiger charge is -2.22. The lowest BCUT2D eigenvalue weighted by atomic mass is 9.93. The van der Waals surface area contributed by atoms with Crippen molar-refractivity contribution in [2.75, 3.05) is 6.54 Å². The van der Waals surface area contributed by atoms with Gasteiger partial charge in [-0.1, -0.05) is 31.2 Å². The van der Waals surface area contributed by atoms with Crippen molar-refractivity contribution in [2.45, 2.75) is 45.6 Å². The van der Waals surface area contributed by atoms with Crippen LogP contribution >= 0.6 is 11.3 Å². The fourth-order valence-electron chi connectivity index (χ4n) is 5.73. The molecule has 0 bridgehead atoms. The number of benzene rings is 2. The summed E-state index contributed by atoms with van der Waals surface area (Å²) in [6.45, 7) is 3.06.